The fraction of sp³-hybridized carbons (Fsp3) is 0.591. The maximum atomic E-state index is 14.6. The molecule has 0 aliphatic carbocycles. The van der Waals surface area contributed by atoms with Gasteiger partial charge in [0.15, 0.2) is 5.75 Å². The van der Waals surface area contributed by atoms with Crippen LogP contribution in [0.25, 0.3) is 10.8 Å². The molecule has 0 saturated carbocycles. The number of carbonyl (C=O) groups is 2. The summed E-state index contributed by atoms with van der Waals surface area (Å²) in [6.07, 6.45) is 5.02. The summed E-state index contributed by atoms with van der Waals surface area (Å²) < 4.78 is 18.0. The van der Waals surface area contributed by atoms with E-state index in [2.05, 4.69) is 29.1 Å². The molecule has 4 aliphatic heterocycles. The van der Waals surface area contributed by atoms with Crippen molar-refractivity contribution in [2.24, 2.45) is 39.6 Å². The van der Waals surface area contributed by atoms with Gasteiger partial charge in [-0.1, -0.05) is 59.8 Å². The van der Waals surface area contributed by atoms with Gasteiger partial charge >= 0.3 is 5.79 Å². The molecule has 2 aromatic carbocycles. The Bertz CT molecular complexity index is 2170. The highest BCUT2D eigenvalue weighted by Gasteiger charge is 2.50. The number of hydrogen-bond donors (Lipinski definition) is 6. The molecule has 58 heavy (non-hydrogen) atoms. The zero-order valence-corrected chi connectivity index (χ0v) is 35.2. The smallest absolute Gasteiger partial charge is 0.312 e. The van der Waals surface area contributed by atoms with Crippen LogP contribution in [0.4, 0.5) is 5.69 Å². The second-order valence-electron chi connectivity index (χ2n) is 17.4. The molecule has 6 rings (SSSR count). The molecule has 0 aromatic heterocycles. The number of hydrogen-bond acceptors (Lipinski definition) is 13. The molecule has 1 saturated heterocycles. The van der Waals surface area contributed by atoms with Crippen LogP contribution in [0.3, 0.4) is 0 Å². The Kier molecular flexibility index (Phi) is 12.2. The first-order valence-electron chi connectivity index (χ1n) is 20.3. The summed E-state index contributed by atoms with van der Waals surface area (Å²) in [6, 6.07) is 0. The number of piperidine rings is 1. The lowest BCUT2D eigenvalue weighted by Crippen LogP contribution is -2.47. The van der Waals surface area contributed by atoms with E-state index in [1.807, 2.05) is 0 Å². The minimum atomic E-state index is -1.92. The van der Waals surface area contributed by atoms with Gasteiger partial charge in [-0.2, -0.15) is 0 Å². The third kappa shape index (κ3) is 7.65. The van der Waals surface area contributed by atoms with Crippen LogP contribution in [-0.4, -0.2) is 105 Å². The number of aromatic hydroxyl groups is 2. The van der Waals surface area contributed by atoms with Gasteiger partial charge in [0.05, 0.1) is 47.3 Å². The average molecular weight is 805 g/mol. The van der Waals surface area contributed by atoms with Gasteiger partial charge in [0.25, 0.3) is 11.7 Å². The second-order valence-corrected chi connectivity index (χ2v) is 17.4. The number of nitrogens with one attached hydrogen (secondary N) is 1. The lowest BCUT2D eigenvalue weighted by Gasteiger charge is -2.38. The van der Waals surface area contributed by atoms with Crippen molar-refractivity contribution in [1.29, 1.82) is 0 Å². The molecule has 0 radical (unpaired) electrons. The Morgan fingerprint density at radius 3 is 2.21 bits per heavy atom. The first kappa shape index (κ1) is 43.2. The topological polar surface area (TPSA) is 203 Å². The van der Waals surface area contributed by atoms with Crippen molar-refractivity contribution in [3.8, 4) is 17.2 Å². The Hall–Kier alpha value is -4.34. The van der Waals surface area contributed by atoms with Gasteiger partial charge in [-0.25, -0.2) is 4.99 Å². The molecule has 1 fully saturated rings. The summed E-state index contributed by atoms with van der Waals surface area (Å²) in [5.41, 5.74) is -0.0451. The fourth-order valence-corrected chi connectivity index (χ4v) is 8.85. The second kappa shape index (κ2) is 16.4. The van der Waals surface area contributed by atoms with Crippen LogP contribution in [0.2, 0.25) is 0 Å². The molecule has 14 nitrogen and oxygen atoms in total. The van der Waals surface area contributed by atoms with Crippen molar-refractivity contribution in [2.45, 2.75) is 111 Å². The number of amides is 1. The molecule has 6 N–H and O–H groups in total. The molecule has 4 bridgehead atoms. The van der Waals surface area contributed by atoms with E-state index in [4.69, 9.17) is 19.2 Å². The molecule has 14 heteroatoms. The van der Waals surface area contributed by atoms with Gasteiger partial charge in [-0.05, 0) is 25.8 Å². The van der Waals surface area contributed by atoms with Gasteiger partial charge in [0.2, 0.25) is 0 Å². The Morgan fingerprint density at radius 1 is 0.931 bits per heavy atom. The van der Waals surface area contributed by atoms with E-state index in [0.717, 1.165) is 19.6 Å². The number of carbonyl (C=O) groups excluding carboxylic acids is 2. The van der Waals surface area contributed by atoms with Crippen molar-refractivity contribution >= 4 is 28.2 Å². The summed E-state index contributed by atoms with van der Waals surface area (Å²) in [7, 11) is 1.47. The Morgan fingerprint density at radius 2 is 1.57 bits per heavy atom. The summed E-state index contributed by atoms with van der Waals surface area (Å²) >= 11 is 0. The predicted octanol–water partition coefficient (Wildman–Crippen LogP) is 4.18. The minimum absolute atomic E-state index is 0.0682. The van der Waals surface area contributed by atoms with Crippen LogP contribution in [-0.2, 0) is 14.3 Å². The van der Waals surface area contributed by atoms with Crippen molar-refractivity contribution in [1.82, 2.24) is 4.90 Å². The standard InChI is InChI=1S/C44H60N4O10/c1-21(2)20-48-17-15-44(16-18-48)46-32-29-30-38(52)27(8)40-31(29)41(54)43(9,58-40)57-19-14-28(56-10)24(5)36(50)26(7)37(51)25(6)35(49)22(3)12-11-13-23(4)42(55)45-34(39(30)53)33(32)47-44/h11-14,19,21-22,24-26,28,35-37,46,49-53H,15-18,20H2,1-10H3/b12-11+,19-14+,23-13-,45-34?/t22-,24-,25-,26+,28+,35-,36-,37-,43?/m0/s1. The summed E-state index contributed by atoms with van der Waals surface area (Å²) in [5.74, 6) is -5.83. The summed E-state index contributed by atoms with van der Waals surface area (Å²) in [5, 5.41) is 61.5. The van der Waals surface area contributed by atoms with Gasteiger partial charge in [-0.3, -0.25) is 14.6 Å². The highest BCUT2D eigenvalue weighted by molar-refractivity contribution is 6.21. The minimum Gasteiger partial charge on any atom is -0.507 e. The number of allylic oxidation sites excluding steroid dienone is 2. The van der Waals surface area contributed by atoms with Gasteiger partial charge < -0.3 is 50.0 Å². The molecule has 1 amide bonds. The van der Waals surface area contributed by atoms with Crippen LogP contribution < -0.4 is 20.8 Å². The van der Waals surface area contributed by atoms with Crippen molar-refractivity contribution < 1.29 is 49.3 Å². The number of likely N-dealkylation sites (tertiary alicyclic amines) is 1. The van der Waals surface area contributed by atoms with E-state index in [1.165, 1.54) is 20.3 Å². The number of nitrogens with zero attached hydrogens (tertiary/aromatic N) is 3. The number of benzene rings is 2. The predicted molar refractivity (Wildman–Crippen MR) is 218 cm³/mol. The van der Waals surface area contributed by atoms with E-state index < -0.39 is 77.0 Å². The number of aliphatic hydroxyl groups is 3. The number of phenolic OH excluding ortho intramolecular Hbond substituents is 2. The lowest BCUT2D eigenvalue weighted by molar-refractivity contribution is -0.114. The Labute approximate surface area is 339 Å². The van der Waals surface area contributed by atoms with Crippen LogP contribution in [0.5, 0.6) is 17.2 Å². The monoisotopic (exact) mass is 804 g/mol. The summed E-state index contributed by atoms with van der Waals surface area (Å²) in [6.45, 7) is 18.3. The van der Waals surface area contributed by atoms with Crippen LogP contribution in [0.1, 0.15) is 84.2 Å². The van der Waals surface area contributed by atoms with E-state index in [0.29, 0.717) is 24.4 Å². The van der Waals surface area contributed by atoms with Crippen molar-refractivity contribution in [3.63, 3.8) is 0 Å². The maximum absolute atomic E-state index is 14.6. The number of ketones is 1. The number of aliphatic hydroxyl groups excluding tert-OH is 3. The van der Waals surface area contributed by atoms with E-state index in [-0.39, 0.29) is 49.7 Å². The normalized spacial score (nSPS) is 33.9. The van der Waals surface area contributed by atoms with Gasteiger partial charge in [0.1, 0.15) is 27.9 Å². The number of fused-ring (bicyclic) bond motifs is 1. The SMILES string of the molecule is CO[C@@H]1/C=C/OC2(C)Oc3c(C)c(O)c4c(O)c(c5c(c4c3C2=O)NC2(CCN(CC(C)C)CC2)N=5)=NC(=O)/C(C)=C\C=C\[C@H](C)[C@H](O)[C@H](C)[C@H](O)[C@H](C)[C@@H](O)[C@H]1C. The average Bonchev–Trinajstić information content (AvgIpc) is 3.69. The molecule has 316 valence electrons. The third-order valence-electron chi connectivity index (χ3n) is 12.7. The number of methoxy groups -OCH3 is 1. The quantitative estimate of drug-likeness (QED) is 0.242. The van der Waals surface area contributed by atoms with Gasteiger partial charge in [0, 0.05) is 86.7 Å². The molecule has 1 unspecified atom stereocenters. The molecule has 1 spiro atoms. The molecule has 4 aliphatic rings. The van der Waals surface area contributed by atoms with Crippen LogP contribution >= 0.6 is 0 Å². The third-order valence-corrected chi connectivity index (χ3v) is 12.7. The largest absolute Gasteiger partial charge is 0.507 e. The van der Waals surface area contributed by atoms with E-state index >= 15 is 0 Å². The molecule has 2 aromatic rings. The number of Topliss-reactive ketones (excluding diaryl/α,β-unsaturated/α-hetero) is 1. The number of phenols is 2. The first-order valence-corrected chi connectivity index (χ1v) is 20.3. The number of anilines is 1. The highest BCUT2D eigenvalue weighted by Crippen LogP contribution is 2.51. The molecular weight excluding hydrogens is 745 g/mol. The highest BCUT2D eigenvalue weighted by atomic mass is 16.7. The maximum Gasteiger partial charge on any atom is 0.312 e. The molecule has 4 heterocycles. The summed E-state index contributed by atoms with van der Waals surface area (Å²) in [4.78, 5) is 40.3. The van der Waals surface area contributed by atoms with Crippen molar-refractivity contribution in [2.75, 3.05) is 32.1 Å². The van der Waals surface area contributed by atoms with E-state index in [9.17, 15) is 35.1 Å². The zero-order valence-electron chi connectivity index (χ0n) is 35.2. The number of ether oxygens (including phenoxy) is 3. The molecule has 9 atom stereocenters. The number of rotatable bonds is 3. The van der Waals surface area contributed by atoms with Crippen LogP contribution in [0.15, 0.2) is 46.1 Å². The van der Waals surface area contributed by atoms with E-state index in [1.54, 1.807) is 65.8 Å². The van der Waals surface area contributed by atoms with Crippen molar-refractivity contribution in [3.05, 3.63) is 58.0 Å². The fourth-order valence-electron chi connectivity index (χ4n) is 8.85. The van der Waals surface area contributed by atoms with Crippen LogP contribution in [0, 0.1) is 36.5 Å². The first-order chi connectivity index (χ1) is 27.3. The lowest BCUT2D eigenvalue weighted by atomic mass is 9.78. The Balaban J connectivity index is 1.55. The molecular formula is C44H60N4O10. The van der Waals surface area contributed by atoms with Gasteiger partial charge in [-0.15, -0.1) is 0 Å². The zero-order chi connectivity index (χ0) is 42.6.